The van der Waals surface area contributed by atoms with Crippen LogP contribution in [0.2, 0.25) is 0 Å². The van der Waals surface area contributed by atoms with Crippen LogP contribution in [0.25, 0.3) is 0 Å². The molecule has 0 N–H and O–H groups in total. The number of halogens is 6. The normalized spacial score (nSPS) is 12.9. The molecule has 1 aromatic rings. The van der Waals surface area contributed by atoms with E-state index in [0.717, 1.165) is 7.11 Å². The zero-order valence-corrected chi connectivity index (χ0v) is 11.3. The SMILES string of the molecule is COC(=O)c1ccc(C(F)(F)F)cc1OS(=O)(=O)C(F)(F)F. The van der Waals surface area contributed by atoms with Crippen LogP contribution in [0.1, 0.15) is 15.9 Å². The highest BCUT2D eigenvalue weighted by atomic mass is 32.2. The van der Waals surface area contributed by atoms with E-state index >= 15 is 0 Å². The maximum atomic E-state index is 12.5. The Morgan fingerprint density at radius 3 is 2.05 bits per heavy atom. The maximum Gasteiger partial charge on any atom is 0.534 e. The average Bonchev–Trinajstić information content (AvgIpc) is 2.34. The van der Waals surface area contributed by atoms with Crippen LogP contribution in [0, 0.1) is 0 Å². The largest absolute Gasteiger partial charge is 0.534 e. The zero-order valence-electron chi connectivity index (χ0n) is 10.4. The van der Waals surface area contributed by atoms with Crippen molar-refractivity contribution >= 4 is 16.1 Å². The molecule has 5 nitrogen and oxygen atoms in total. The third-order valence-corrected chi connectivity index (χ3v) is 3.16. The smallest absolute Gasteiger partial charge is 0.465 e. The predicted octanol–water partition coefficient (Wildman–Crippen LogP) is 2.72. The van der Waals surface area contributed by atoms with E-state index in [4.69, 9.17) is 0 Å². The van der Waals surface area contributed by atoms with Crippen molar-refractivity contribution in [1.29, 1.82) is 0 Å². The fourth-order valence-corrected chi connectivity index (χ4v) is 1.68. The number of ether oxygens (including phenoxy) is 1. The van der Waals surface area contributed by atoms with Gasteiger partial charge in [0, 0.05) is 0 Å². The lowest BCUT2D eigenvalue weighted by atomic mass is 10.1. The minimum atomic E-state index is -6.25. The molecule has 0 unspecified atom stereocenters. The minimum absolute atomic E-state index is 0.0461. The molecule has 0 heterocycles. The number of carbonyl (C=O) groups excluding carboxylic acids is 1. The Hall–Kier alpha value is -1.98. The van der Waals surface area contributed by atoms with Crippen LogP contribution in [-0.2, 0) is 21.0 Å². The summed E-state index contributed by atoms with van der Waals surface area (Å²) in [6, 6.07) is 0.755. The van der Waals surface area contributed by atoms with Crippen LogP contribution in [0.15, 0.2) is 18.2 Å². The highest BCUT2D eigenvalue weighted by molar-refractivity contribution is 7.88. The summed E-state index contributed by atoms with van der Waals surface area (Å²) in [4.78, 5) is 11.3. The molecule has 0 amide bonds. The molecule has 124 valence electrons. The molecule has 0 aliphatic heterocycles. The van der Waals surface area contributed by atoms with E-state index < -0.39 is 44.6 Å². The standard InChI is InChI=1S/C10H6F6O5S/c1-20-8(17)6-3-2-5(9(11,12)13)4-7(6)21-22(18,19)10(14,15)16/h2-4H,1H3. The molecule has 0 radical (unpaired) electrons. The quantitative estimate of drug-likeness (QED) is 0.362. The monoisotopic (exact) mass is 352 g/mol. The maximum absolute atomic E-state index is 12.5. The highest BCUT2D eigenvalue weighted by Gasteiger charge is 2.49. The second-order valence-corrected chi connectivity index (χ2v) is 5.22. The fraction of sp³-hybridized carbons (Fsp3) is 0.300. The van der Waals surface area contributed by atoms with Crippen molar-refractivity contribution in [3.05, 3.63) is 29.3 Å². The van der Waals surface area contributed by atoms with E-state index in [1.54, 1.807) is 0 Å². The van der Waals surface area contributed by atoms with Gasteiger partial charge >= 0.3 is 27.8 Å². The van der Waals surface area contributed by atoms with Crippen molar-refractivity contribution in [2.75, 3.05) is 7.11 Å². The topological polar surface area (TPSA) is 69.7 Å². The second kappa shape index (κ2) is 5.66. The van der Waals surface area contributed by atoms with E-state index in [-0.39, 0.29) is 6.07 Å². The molecule has 0 aliphatic carbocycles. The Labute approximate surface area is 119 Å². The van der Waals surface area contributed by atoms with Crippen molar-refractivity contribution < 1.29 is 48.5 Å². The molecule has 1 rings (SSSR count). The van der Waals surface area contributed by atoms with Gasteiger partial charge < -0.3 is 8.92 Å². The van der Waals surface area contributed by atoms with Crippen molar-refractivity contribution in [2.24, 2.45) is 0 Å². The third-order valence-electron chi connectivity index (χ3n) is 2.20. The van der Waals surface area contributed by atoms with Gasteiger partial charge in [-0.3, -0.25) is 0 Å². The zero-order chi connectivity index (χ0) is 17.3. The molecule has 12 heteroatoms. The minimum Gasteiger partial charge on any atom is -0.465 e. The van der Waals surface area contributed by atoms with Crippen molar-refractivity contribution in [2.45, 2.75) is 11.7 Å². The molecular formula is C10H6F6O5S. The van der Waals surface area contributed by atoms with Crippen molar-refractivity contribution in [1.82, 2.24) is 0 Å². The third kappa shape index (κ3) is 3.81. The molecule has 0 saturated heterocycles. The lowest BCUT2D eigenvalue weighted by molar-refractivity contribution is -0.137. The van der Waals surface area contributed by atoms with Crippen LogP contribution in [0.3, 0.4) is 0 Å². The molecule has 0 bridgehead atoms. The van der Waals surface area contributed by atoms with E-state index in [9.17, 15) is 39.6 Å². The first-order chi connectivity index (χ1) is 9.79. The van der Waals surface area contributed by atoms with Gasteiger partial charge in [0.05, 0.1) is 12.7 Å². The molecule has 1 aromatic carbocycles. The van der Waals surface area contributed by atoms with Crippen molar-refractivity contribution in [3.63, 3.8) is 0 Å². The van der Waals surface area contributed by atoms with Crippen molar-refractivity contribution in [3.8, 4) is 5.75 Å². The van der Waals surface area contributed by atoms with Crippen LogP contribution in [0.5, 0.6) is 5.75 Å². The van der Waals surface area contributed by atoms with Crippen LogP contribution >= 0.6 is 0 Å². The Kier molecular flexibility index (Phi) is 4.65. The fourth-order valence-electron chi connectivity index (χ4n) is 1.21. The Morgan fingerprint density at radius 2 is 1.64 bits per heavy atom. The summed E-state index contributed by atoms with van der Waals surface area (Å²) in [5, 5.41) is 0. The summed E-state index contributed by atoms with van der Waals surface area (Å²) in [6.07, 6.45) is -4.99. The Morgan fingerprint density at radius 1 is 1.09 bits per heavy atom. The van der Waals surface area contributed by atoms with Crippen LogP contribution in [-0.4, -0.2) is 27.0 Å². The van der Waals surface area contributed by atoms with Gasteiger partial charge in [-0.15, -0.1) is 0 Å². The molecule has 0 atom stereocenters. The lowest BCUT2D eigenvalue weighted by Gasteiger charge is -2.14. The number of hydrogen-bond donors (Lipinski definition) is 0. The van der Waals surface area contributed by atoms with Gasteiger partial charge in [-0.25, -0.2) is 4.79 Å². The van der Waals surface area contributed by atoms with Gasteiger partial charge in [0.1, 0.15) is 5.56 Å². The first-order valence-corrected chi connectivity index (χ1v) is 6.50. The van der Waals surface area contributed by atoms with Gasteiger partial charge in [0.25, 0.3) is 0 Å². The van der Waals surface area contributed by atoms with E-state index in [2.05, 4.69) is 8.92 Å². The van der Waals surface area contributed by atoms with Gasteiger partial charge in [-0.05, 0) is 18.2 Å². The number of benzene rings is 1. The number of esters is 1. The average molecular weight is 352 g/mol. The summed E-state index contributed by atoms with van der Waals surface area (Å²) in [6.45, 7) is 0. The molecule has 0 saturated carbocycles. The predicted molar refractivity (Wildman–Crippen MR) is 58.4 cm³/mol. The van der Waals surface area contributed by atoms with Gasteiger partial charge in [0.2, 0.25) is 0 Å². The molecule has 0 aliphatic rings. The Bertz CT molecular complexity index is 676. The number of carbonyl (C=O) groups is 1. The molecule has 0 fully saturated rings. The van der Waals surface area contributed by atoms with E-state index in [0.29, 0.717) is 12.1 Å². The van der Waals surface area contributed by atoms with Crippen LogP contribution in [0.4, 0.5) is 26.3 Å². The van der Waals surface area contributed by atoms with Gasteiger partial charge in [-0.1, -0.05) is 0 Å². The van der Waals surface area contributed by atoms with Crippen LogP contribution < -0.4 is 4.18 Å². The lowest BCUT2D eigenvalue weighted by Crippen LogP contribution is -2.28. The summed E-state index contributed by atoms with van der Waals surface area (Å²) >= 11 is 0. The number of alkyl halides is 6. The number of methoxy groups -OCH3 is 1. The molecule has 22 heavy (non-hydrogen) atoms. The summed E-state index contributed by atoms with van der Waals surface area (Å²) in [5.41, 5.74) is -8.30. The number of hydrogen-bond acceptors (Lipinski definition) is 5. The van der Waals surface area contributed by atoms with Gasteiger partial charge in [-0.2, -0.15) is 34.8 Å². The summed E-state index contributed by atoms with van der Waals surface area (Å²) in [7, 11) is -5.46. The van der Waals surface area contributed by atoms with E-state index in [1.807, 2.05) is 0 Å². The second-order valence-electron chi connectivity index (χ2n) is 3.68. The summed E-state index contributed by atoms with van der Waals surface area (Å²) < 4.78 is 104. The van der Waals surface area contributed by atoms with Gasteiger partial charge in [0.15, 0.2) is 5.75 Å². The molecule has 0 aromatic heterocycles. The first kappa shape index (κ1) is 18.1. The molecule has 0 spiro atoms. The first-order valence-electron chi connectivity index (χ1n) is 5.10. The summed E-state index contributed by atoms with van der Waals surface area (Å²) in [5.74, 6) is -2.82. The molecular weight excluding hydrogens is 346 g/mol. The van der Waals surface area contributed by atoms with E-state index in [1.165, 1.54) is 0 Å². The number of rotatable bonds is 3. The highest BCUT2D eigenvalue weighted by Crippen LogP contribution is 2.35. The Balaban J connectivity index is 3.45.